The predicted molar refractivity (Wildman–Crippen MR) is 191 cm³/mol. The number of pyridine rings is 1. The number of fused-ring (bicyclic) bond motifs is 3. The smallest absolute Gasteiger partial charge is 0.319 e. The van der Waals surface area contributed by atoms with Gasteiger partial charge in [0.1, 0.15) is 41.4 Å². The summed E-state index contributed by atoms with van der Waals surface area (Å²) in [5.41, 5.74) is 0.0854. The number of carbonyl (C=O) groups excluding carboxylic acids is 2. The largest absolute Gasteiger partial charge is 0.468 e. The highest BCUT2D eigenvalue weighted by Crippen LogP contribution is 2.42. The van der Waals surface area contributed by atoms with E-state index in [-0.39, 0.29) is 54.9 Å². The van der Waals surface area contributed by atoms with Crippen LogP contribution in [0.25, 0.3) is 32.9 Å². The van der Waals surface area contributed by atoms with E-state index in [0.717, 1.165) is 24.3 Å². The Hall–Kier alpha value is -4.56. The Kier molecular flexibility index (Phi) is 10.9. The molecule has 3 atom stereocenters. The minimum absolute atomic E-state index is 0.0546. The maximum Gasteiger partial charge on any atom is 0.319 e. The van der Waals surface area contributed by atoms with Crippen LogP contribution in [0.2, 0.25) is 0 Å². The average Bonchev–Trinajstić information content (AvgIpc) is 3.66. The Labute approximate surface area is 301 Å². The van der Waals surface area contributed by atoms with Crippen LogP contribution in [0, 0.1) is 11.6 Å². The summed E-state index contributed by atoms with van der Waals surface area (Å²) in [6.07, 6.45) is 3.34. The van der Waals surface area contributed by atoms with Crippen LogP contribution in [-0.4, -0.2) is 102 Å². The first-order valence-electron chi connectivity index (χ1n) is 17.6. The van der Waals surface area contributed by atoms with Gasteiger partial charge < -0.3 is 19.1 Å². The van der Waals surface area contributed by atoms with Crippen LogP contribution in [0.15, 0.2) is 30.5 Å². The molecular formula is C38H45F3N6O5. The number of ether oxygens (including phenoxy) is 3. The van der Waals surface area contributed by atoms with Gasteiger partial charge in [0.2, 0.25) is 11.8 Å². The lowest BCUT2D eigenvalue weighted by atomic mass is 9.94. The van der Waals surface area contributed by atoms with E-state index in [0.29, 0.717) is 64.7 Å². The second-order valence-electron chi connectivity index (χ2n) is 13.8. The Bertz CT molecular complexity index is 2000. The fourth-order valence-electron chi connectivity index (χ4n) is 7.50. The third kappa shape index (κ3) is 7.10. The van der Waals surface area contributed by atoms with E-state index in [4.69, 9.17) is 19.2 Å². The van der Waals surface area contributed by atoms with Gasteiger partial charge in [0, 0.05) is 65.3 Å². The lowest BCUT2D eigenvalue weighted by Gasteiger charge is -2.31. The van der Waals surface area contributed by atoms with Crippen molar-refractivity contribution in [1.29, 1.82) is 0 Å². The first kappa shape index (κ1) is 37.2. The molecule has 2 aliphatic heterocycles. The summed E-state index contributed by atoms with van der Waals surface area (Å²) in [6, 6.07) is 5.97. The van der Waals surface area contributed by atoms with Crippen LogP contribution >= 0.6 is 0 Å². The number of aromatic nitrogens is 3. The predicted octanol–water partition coefficient (Wildman–Crippen LogP) is 6.23. The zero-order chi connectivity index (χ0) is 37.3. The molecule has 0 aliphatic carbocycles. The van der Waals surface area contributed by atoms with Gasteiger partial charge in [-0.1, -0.05) is 13.0 Å². The molecule has 14 heteroatoms. The maximum absolute atomic E-state index is 17.1. The van der Waals surface area contributed by atoms with Gasteiger partial charge in [0.05, 0.1) is 10.9 Å². The summed E-state index contributed by atoms with van der Waals surface area (Å²) in [4.78, 5) is 43.2. The number of benzene rings is 2. The second-order valence-corrected chi connectivity index (χ2v) is 13.8. The molecular weight excluding hydrogens is 677 g/mol. The molecule has 0 N–H and O–H groups in total. The molecule has 2 fully saturated rings. The number of rotatable bonds is 13. The maximum atomic E-state index is 17.1. The first-order valence-corrected chi connectivity index (χ1v) is 17.6. The third-order valence-corrected chi connectivity index (χ3v) is 10.6. The van der Waals surface area contributed by atoms with Crippen LogP contribution in [0.3, 0.4) is 0 Å². The van der Waals surface area contributed by atoms with Gasteiger partial charge in [-0.3, -0.25) is 24.4 Å². The number of hydrogen-bond donors (Lipinski definition) is 0. The summed E-state index contributed by atoms with van der Waals surface area (Å²) < 4.78 is 64.0. The normalized spacial score (nSPS) is 19.2. The molecule has 6 rings (SSSR count). The Morgan fingerprint density at radius 2 is 1.94 bits per heavy atom. The highest BCUT2D eigenvalue weighted by Gasteiger charge is 2.49. The Balaban J connectivity index is 1.46. The van der Waals surface area contributed by atoms with Gasteiger partial charge in [0.15, 0.2) is 12.6 Å². The van der Waals surface area contributed by atoms with Crippen molar-refractivity contribution in [2.75, 3.05) is 52.6 Å². The molecule has 2 amide bonds. The van der Waals surface area contributed by atoms with Gasteiger partial charge >= 0.3 is 6.01 Å². The van der Waals surface area contributed by atoms with Crippen molar-refractivity contribution in [1.82, 2.24) is 24.8 Å². The van der Waals surface area contributed by atoms with Crippen LogP contribution in [0.4, 0.5) is 19.0 Å². The number of halogens is 3. The first-order chi connectivity index (χ1) is 24.9. The number of imide groups is 1. The van der Waals surface area contributed by atoms with Crippen molar-refractivity contribution in [2.45, 2.75) is 77.0 Å². The fraction of sp³-hybridized carbons (Fsp3) is 0.500. The van der Waals surface area contributed by atoms with Gasteiger partial charge in [-0.15, -0.1) is 0 Å². The standard InChI is InChI=1S/C38H45F3N6O5/c1-7-27-30(40)11-10-24-15-26(52-21-50-6)16-28(32(24)27)34-33(41)35-29(18-42-34)36(45(4)22(2)9-12-31(49)46(5)23(3)48)44-37(43-35)51-20-38-13-8-14-47(38)19-25(39)17-38/h10-11,15-16,18,22,25H,7-9,12-14,17,19-21H2,1-6H3/t22?,25-,38+/m1/s1. The van der Waals surface area contributed by atoms with Gasteiger partial charge in [-0.05, 0) is 73.7 Å². The zero-order valence-electron chi connectivity index (χ0n) is 30.5. The minimum atomic E-state index is -0.962. The minimum Gasteiger partial charge on any atom is -0.468 e. The molecule has 1 unspecified atom stereocenters. The summed E-state index contributed by atoms with van der Waals surface area (Å²) in [5, 5.41) is 1.42. The fourth-order valence-corrected chi connectivity index (χ4v) is 7.50. The molecule has 4 aromatic rings. The SMILES string of the molecule is CCc1c(F)ccc2cc(OCOC)cc(-c3ncc4c(N(C)C(C)CCC(=O)N(C)C(C)=O)nc(OC[C@@]56CCCN5C[C@H](F)C6)nc4c3F)c12. The van der Waals surface area contributed by atoms with Crippen molar-refractivity contribution in [3.8, 4) is 23.0 Å². The van der Waals surface area contributed by atoms with Crippen molar-refractivity contribution < 1.29 is 37.0 Å². The molecule has 2 aliphatic rings. The monoisotopic (exact) mass is 722 g/mol. The number of methoxy groups -OCH3 is 1. The lowest BCUT2D eigenvalue weighted by molar-refractivity contribution is -0.141. The van der Waals surface area contributed by atoms with E-state index < -0.39 is 23.3 Å². The van der Waals surface area contributed by atoms with Crippen molar-refractivity contribution in [3.05, 3.63) is 47.7 Å². The third-order valence-electron chi connectivity index (χ3n) is 10.6. The van der Waals surface area contributed by atoms with E-state index in [2.05, 4.69) is 14.9 Å². The lowest BCUT2D eigenvalue weighted by Crippen LogP contribution is -2.43. The van der Waals surface area contributed by atoms with Gasteiger partial charge in [-0.25, -0.2) is 13.2 Å². The second kappa shape index (κ2) is 15.2. The molecule has 0 spiro atoms. The van der Waals surface area contributed by atoms with Crippen molar-refractivity contribution in [2.24, 2.45) is 0 Å². The molecule has 52 heavy (non-hydrogen) atoms. The zero-order valence-corrected chi connectivity index (χ0v) is 30.5. The number of alkyl halides is 1. The van der Waals surface area contributed by atoms with Crippen LogP contribution < -0.4 is 14.4 Å². The average molecular weight is 723 g/mol. The molecule has 2 aromatic heterocycles. The van der Waals surface area contributed by atoms with Crippen LogP contribution in [0.5, 0.6) is 11.8 Å². The van der Waals surface area contributed by atoms with E-state index in [1.165, 1.54) is 33.3 Å². The molecule has 0 radical (unpaired) electrons. The van der Waals surface area contributed by atoms with E-state index in [1.54, 1.807) is 30.1 Å². The summed E-state index contributed by atoms with van der Waals surface area (Å²) in [6.45, 7) is 6.24. The number of amides is 2. The highest BCUT2D eigenvalue weighted by molar-refractivity contribution is 6.02. The van der Waals surface area contributed by atoms with Gasteiger partial charge in [0.25, 0.3) is 0 Å². The Morgan fingerprint density at radius 1 is 1.15 bits per heavy atom. The van der Waals surface area contributed by atoms with Crippen molar-refractivity contribution in [3.63, 3.8) is 0 Å². The number of carbonyl (C=O) groups is 2. The summed E-state index contributed by atoms with van der Waals surface area (Å²) >= 11 is 0. The number of anilines is 1. The summed E-state index contributed by atoms with van der Waals surface area (Å²) in [5.74, 6) is -1.17. The summed E-state index contributed by atoms with van der Waals surface area (Å²) in [7, 11) is 4.69. The molecule has 2 saturated heterocycles. The number of hydrogen-bond acceptors (Lipinski definition) is 10. The van der Waals surface area contributed by atoms with Crippen LogP contribution in [0.1, 0.15) is 58.4 Å². The molecule has 278 valence electrons. The van der Waals surface area contributed by atoms with Gasteiger partial charge in [-0.2, -0.15) is 9.97 Å². The van der Waals surface area contributed by atoms with Crippen molar-refractivity contribution >= 4 is 39.3 Å². The highest BCUT2D eigenvalue weighted by atomic mass is 19.1. The molecule has 0 saturated carbocycles. The van der Waals surface area contributed by atoms with Crippen LogP contribution in [-0.2, 0) is 20.7 Å². The molecule has 0 bridgehead atoms. The molecule has 2 aromatic carbocycles. The van der Waals surface area contributed by atoms with E-state index in [1.807, 2.05) is 13.8 Å². The number of aryl methyl sites for hydroxylation is 1. The molecule has 4 heterocycles. The Morgan fingerprint density at radius 3 is 2.67 bits per heavy atom. The molecule has 11 nitrogen and oxygen atoms in total. The van der Waals surface area contributed by atoms with E-state index >= 15 is 8.78 Å². The topological polar surface area (TPSA) is 110 Å². The van der Waals surface area contributed by atoms with E-state index in [9.17, 15) is 14.0 Å². The quantitative estimate of drug-likeness (QED) is 0.147. The number of nitrogens with zero attached hydrogens (tertiary/aromatic N) is 6.